The van der Waals surface area contributed by atoms with Crippen molar-refractivity contribution in [3.63, 3.8) is 0 Å². The van der Waals surface area contributed by atoms with Crippen LogP contribution in [0.4, 0.5) is 0 Å². The number of nitrogens with two attached hydrogens (primary N) is 1. The summed E-state index contributed by atoms with van der Waals surface area (Å²) in [6, 6.07) is 8.25. The molecule has 0 amide bonds. The minimum Gasteiger partial charge on any atom is -0.360 e. The van der Waals surface area contributed by atoms with Crippen LogP contribution < -0.4 is 5.73 Å². The number of H-pyrrole nitrogens is 1. The molecule has 92 valence electrons. The fraction of sp³-hybridized carbons (Fsp3) is 0.214. The van der Waals surface area contributed by atoms with E-state index in [0.717, 1.165) is 21.8 Å². The van der Waals surface area contributed by atoms with Crippen LogP contribution in [0.2, 0.25) is 0 Å². The minimum absolute atomic E-state index is 0.388. The van der Waals surface area contributed by atoms with E-state index in [2.05, 4.69) is 22.1 Å². The SMILES string of the molecule is CC(C)(N)c1csc(-c2c[nH]c3ccccc23)n1. The molecule has 0 spiro atoms. The first-order valence-corrected chi connectivity index (χ1v) is 6.75. The van der Waals surface area contributed by atoms with Gasteiger partial charge in [0.2, 0.25) is 0 Å². The molecule has 0 aliphatic rings. The number of fused-ring (bicyclic) bond motifs is 1. The molecule has 0 radical (unpaired) electrons. The van der Waals surface area contributed by atoms with Crippen LogP contribution in [-0.4, -0.2) is 9.97 Å². The summed E-state index contributed by atoms with van der Waals surface area (Å²) in [5, 5.41) is 4.26. The number of nitrogens with one attached hydrogen (secondary N) is 1. The van der Waals surface area contributed by atoms with E-state index in [1.165, 1.54) is 5.39 Å². The Kier molecular flexibility index (Phi) is 2.50. The molecule has 0 fully saturated rings. The predicted molar refractivity (Wildman–Crippen MR) is 76.6 cm³/mol. The van der Waals surface area contributed by atoms with Crippen LogP contribution in [0, 0.1) is 0 Å². The molecule has 0 aliphatic carbocycles. The molecule has 3 aromatic rings. The smallest absolute Gasteiger partial charge is 0.125 e. The third-order valence-corrected chi connectivity index (χ3v) is 3.86. The van der Waals surface area contributed by atoms with Gasteiger partial charge in [-0.2, -0.15) is 0 Å². The second-order valence-electron chi connectivity index (χ2n) is 5.01. The summed E-state index contributed by atoms with van der Waals surface area (Å²) >= 11 is 1.64. The Hall–Kier alpha value is -1.65. The monoisotopic (exact) mass is 257 g/mol. The number of benzene rings is 1. The molecule has 18 heavy (non-hydrogen) atoms. The van der Waals surface area contributed by atoms with E-state index in [9.17, 15) is 0 Å². The van der Waals surface area contributed by atoms with Gasteiger partial charge in [0.1, 0.15) is 5.01 Å². The predicted octanol–water partition coefficient (Wildman–Crippen LogP) is 3.49. The van der Waals surface area contributed by atoms with Crippen LogP contribution in [-0.2, 0) is 5.54 Å². The van der Waals surface area contributed by atoms with Gasteiger partial charge in [0.05, 0.1) is 11.2 Å². The standard InChI is InChI=1S/C14H15N3S/c1-14(2,15)12-8-18-13(17-12)10-7-16-11-6-4-3-5-9(10)11/h3-8,16H,15H2,1-2H3. The van der Waals surface area contributed by atoms with Crippen molar-refractivity contribution in [3.8, 4) is 10.6 Å². The van der Waals surface area contributed by atoms with Crippen molar-refractivity contribution in [3.05, 3.63) is 41.5 Å². The van der Waals surface area contributed by atoms with E-state index in [1.54, 1.807) is 11.3 Å². The molecule has 0 atom stereocenters. The van der Waals surface area contributed by atoms with Crippen LogP contribution in [0.3, 0.4) is 0 Å². The first-order chi connectivity index (χ1) is 8.55. The van der Waals surface area contributed by atoms with E-state index in [4.69, 9.17) is 5.73 Å². The normalized spacial score (nSPS) is 12.2. The molecule has 0 saturated heterocycles. The second kappa shape index (κ2) is 3.93. The third-order valence-electron chi connectivity index (χ3n) is 2.98. The van der Waals surface area contributed by atoms with Crippen molar-refractivity contribution in [2.24, 2.45) is 5.73 Å². The van der Waals surface area contributed by atoms with E-state index in [-0.39, 0.29) is 5.54 Å². The first-order valence-electron chi connectivity index (χ1n) is 5.87. The van der Waals surface area contributed by atoms with Gasteiger partial charge in [0.15, 0.2) is 0 Å². The largest absolute Gasteiger partial charge is 0.360 e. The summed E-state index contributed by atoms with van der Waals surface area (Å²) in [5.41, 5.74) is 8.90. The Morgan fingerprint density at radius 3 is 2.78 bits per heavy atom. The number of hydrogen-bond acceptors (Lipinski definition) is 3. The van der Waals surface area contributed by atoms with Crippen LogP contribution in [0.25, 0.3) is 21.5 Å². The summed E-state index contributed by atoms with van der Waals surface area (Å²) in [4.78, 5) is 7.92. The Morgan fingerprint density at radius 1 is 1.28 bits per heavy atom. The van der Waals surface area contributed by atoms with Gasteiger partial charge in [-0.3, -0.25) is 0 Å². The Morgan fingerprint density at radius 2 is 2.06 bits per heavy atom. The maximum atomic E-state index is 6.07. The number of nitrogens with zero attached hydrogens (tertiary/aromatic N) is 1. The maximum absolute atomic E-state index is 6.07. The van der Waals surface area contributed by atoms with Gasteiger partial charge in [0, 0.05) is 28.0 Å². The summed E-state index contributed by atoms with van der Waals surface area (Å²) in [6.45, 7) is 3.95. The average Bonchev–Trinajstić information content (AvgIpc) is 2.94. The molecule has 0 bridgehead atoms. The minimum atomic E-state index is -0.388. The van der Waals surface area contributed by atoms with Crippen molar-refractivity contribution in [1.82, 2.24) is 9.97 Å². The molecule has 0 saturated carbocycles. The van der Waals surface area contributed by atoms with E-state index >= 15 is 0 Å². The van der Waals surface area contributed by atoms with Crippen LogP contribution in [0.1, 0.15) is 19.5 Å². The molecule has 1 aromatic carbocycles. The van der Waals surface area contributed by atoms with Gasteiger partial charge in [-0.15, -0.1) is 11.3 Å². The zero-order valence-corrected chi connectivity index (χ0v) is 11.2. The number of hydrogen-bond donors (Lipinski definition) is 2. The number of aromatic amines is 1. The van der Waals surface area contributed by atoms with Crippen LogP contribution in [0.5, 0.6) is 0 Å². The van der Waals surface area contributed by atoms with Crippen molar-refractivity contribution in [2.75, 3.05) is 0 Å². The van der Waals surface area contributed by atoms with Crippen molar-refractivity contribution < 1.29 is 0 Å². The van der Waals surface area contributed by atoms with Gasteiger partial charge < -0.3 is 10.7 Å². The average molecular weight is 257 g/mol. The molecule has 2 heterocycles. The fourth-order valence-corrected chi connectivity index (χ4v) is 2.97. The van der Waals surface area contributed by atoms with Crippen molar-refractivity contribution >= 4 is 22.2 Å². The number of para-hydroxylation sites is 1. The topological polar surface area (TPSA) is 54.7 Å². The molecular formula is C14H15N3S. The quantitative estimate of drug-likeness (QED) is 0.738. The molecule has 3 rings (SSSR count). The van der Waals surface area contributed by atoms with Crippen LogP contribution in [0.15, 0.2) is 35.8 Å². The van der Waals surface area contributed by atoms with E-state index in [1.807, 2.05) is 37.6 Å². The van der Waals surface area contributed by atoms with Crippen molar-refractivity contribution in [1.29, 1.82) is 0 Å². The van der Waals surface area contributed by atoms with E-state index in [0.29, 0.717) is 0 Å². The van der Waals surface area contributed by atoms with Gasteiger partial charge in [-0.05, 0) is 19.9 Å². The Labute approximate surface area is 110 Å². The van der Waals surface area contributed by atoms with E-state index < -0.39 is 0 Å². The second-order valence-corrected chi connectivity index (χ2v) is 5.87. The highest BCUT2D eigenvalue weighted by atomic mass is 32.1. The maximum Gasteiger partial charge on any atom is 0.125 e. The molecule has 3 nitrogen and oxygen atoms in total. The number of thiazole rings is 1. The van der Waals surface area contributed by atoms with Gasteiger partial charge in [0.25, 0.3) is 0 Å². The van der Waals surface area contributed by atoms with Crippen molar-refractivity contribution in [2.45, 2.75) is 19.4 Å². The molecular weight excluding hydrogens is 242 g/mol. The molecule has 2 aromatic heterocycles. The lowest BCUT2D eigenvalue weighted by atomic mass is 10.0. The summed E-state index contributed by atoms with van der Waals surface area (Å²) < 4.78 is 0. The number of rotatable bonds is 2. The van der Waals surface area contributed by atoms with Gasteiger partial charge in [-0.1, -0.05) is 18.2 Å². The lowest BCUT2D eigenvalue weighted by Crippen LogP contribution is -2.28. The van der Waals surface area contributed by atoms with Gasteiger partial charge >= 0.3 is 0 Å². The molecule has 3 N–H and O–H groups in total. The first kappa shape index (κ1) is 11.4. The highest BCUT2D eigenvalue weighted by Crippen LogP contribution is 2.32. The summed E-state index contributed by atoms with van der Waals surface area (Å²) in [6.07, 6.45) is 2.01. The Bertz CT molecular complexity index is 688. The highest BCUT2D eigenvalue weighted by molar-refractivity contribution is 7.13. The fourth-order valence-electron chi connectivity index (χ4n) is 1.94. The zero-order chi connectivity index (χ0) is 12.8. The number of aromatic nitrogens is 2. The third kappa shape index (κ3) is 1.83. The zero-order valence-electron chi connectivity index (χ0n) is 10.4. The molecule has 0 unspecified atom stereocenters. The molecule has 0 aliphatic heterocycles. The highest BCUT2D eigenvalue weighted by Gasteiger charge is 2.19. The lowest BCUT2D eigenvalue weighted by Gasteiger charge is -2.14. The summed E-state index contributed by atoms with van der Waals surface area (Å²) in [5.74, 6) is 0. The lowest BCUT2D eigenvalue weighted by molar-refractivity contribution is 0.539. The Balaban J connectivity index is 2.13. The summed E-state index contributed by atoms with van der Waals surface area (Å²) in [7, 11) is 0. The van der Waals surface area contributed by atoms with Crippen LogP contribution >= 0.6 is 11.3 Å². The molecule has 4 heteroatoms. The van der Waals surface area contributed by atoms with Gasteiger partial charge in [-0.25, -0.2) is 4.98 Å².